The Bertz CT molecular complexity index is 1220. The summed E-state index contributed by atoms with van der Waals surface area (Å²) in [6.45, 7) is 13.5. The first-order valence-corrected chi connectivity index (χ1v) is 12.5. The third-order valence-corrected chi connectivity index (χ3v) is 5.82. The maximum atomic E-state index is 13.8. The van der Waals surface area contributed by atoms with E-state index in [-0.39, 0.29) is 18.2 Å². The molecule has 3 aromatic rings. The minimum atomic E-state index is -0.949. The maximum absolute atomic E-state index is 13.8. The minimum absolute atomic E-state index is 0.108. The summed E-state index contributed by atoms with van der Waals surface area (Å²) < 4.78 is 5.14. The number of hydrogen-bond donors (Lipinski definition) is 2. The second-order valence-corrected chi connectivity index (χ2v) is 10.7. The molecule has 0 spiro atoms. The van der Waals surface area contributed by atoms with Gasteiger partial charge in [-0.15, -0.1) is 0 Å². The van der Waals surface area contributed by atoms with Crippen LogP contribution in [0.1, 0.15) is 79.4 Å². The van der Waals surface area contributed by atoms with E-state index in [1.807, 2.05) is 77.1 Å². The van der Waals surface area contributed by atoms with Gasteiger partial charge >= 0.3 is 0 Å². The fourth-order valence-electron chi connectivity index (χ4n) is 4.18. The predicted octanol–water partition coefficient (Wildman–Crippen LogP) is 5.44. The van der Waals surface area contributed by atoms with Gasteiger partial charge in [0.1, 0.15) is 6.04 Å². The lowest BCUT2D eigenvalue weighted by Crippen LogP contribution is -2.51. The number of aryl methyl sites for hydroxylation is 2. The molecule has 0 aliphatic carbocycles. The first kappa shape index (κ1) is 27.7. The molecular weight excluding hydrogens is 466 g/mol. The van der Waals surface area contributed by atoms with Gasteiger partial charge < -0.3 is 15.1 Å². The summed E-state index contributed by atoms with van der Waals surface area (Å²) in [6, 6.07) is 15.7. The normalized spacial score (nSPS) is 12.2. The van der Waals surface area contributed by atoms with Crippen LogP contribution in [0, 0.1) is 13.8 Å². The van der Waals surface area contributed by atoms with Gasteiger partial charge in [-0.2, -0.15) is 0 Å². The molecule has 3 rings (SSSR count). The third kappa shape index (κ3) is 7.32. The van der Waals surface area contributed by atoms with E-state index >= 15 is 0 Å². The summed E-state index contributed by atoms with van der Waals surface area (Å²) in [5.74, 6) is -0.806. The Labute approximate surface area is 219 Å². The number of nitrogens with zero attached hydrogens (tertiary/aromatic N) is 1. The smallest absolute Gasteiger partial charge is 0.287 e. The van der Waals surface area contributed by atoms with E-state index in [1.54, 1.807) is 6.07 Å². The summed E-state index contributed by atoms with van der Waals surface area (Å²) in [6.07, 6.45) is 1.40. The molecule has 2 N–H and O–H groups in total. The number of nitrogens with one attached hydrogen (secondary N) is 2. The predicted molar refractivity (Wildman–Crippen MR) is 146 cm³/mol. The molecule has 0 saturated heterocycles. The van der Waals surface area contributed by atoms with Crippen LogP contribution in [0.3, 0.4) is 0 Å². The average molecular weight is 504 g/mol. The monoisotopic (exact) mass is 503 g/mol. The fraction of sp³-hybridized carbons (Fsp3) is 0.367. The van der Waals surface area contributed by atoms with Gasteiger partial charge in [-0.3, -0.25) is 19.3 Å². The Balaban J connectivity index is 2.08. The van der Waals surface area contributed by atoms with Crippen LogP contribution in [0.5, 0.6) is 0 Å². The minimum Gasteiger partial charge on any atom is -0.459 e. The van der Waals surface area contributed by atoms with Crippen LogP contribution in [-0.2, 0) is 9.59 Å². The highest BCUT2D eigenvalue weighted by molar-refractivity contribution is 6.04. The number of furan rings is 1. The van der Waals surface area contributed by atoms with Crippen LogP contribution in [0.2, 0.25) is 0 Å². The number of hydrogen-bond acceptors (Lipinski definition) is 4. The van der Waals surface area contributed by atoms with Crippen molar-refractivity contribution in [1.82, 2.24) is 10.6 Å². The van der Waals surface area contributed by atoms with Crippen molar-refractivity contribution in [2.75, 3.05) is 11.4 Å². The van der Waals surface area contributed by atoms with Crippen molar-refractivity contribution in [3.63, 3.8) is 0 Å². The van der Waals surface area contributed by atoms with E-state index in [4.69, 9.17) is 4.42 Å². The number of carbonyl (C=O) groups is 3. The summed E-state index contributed by atoms with van der Waals surface area (Å²) >= 11 is 0. The molecule has 1 atom stereocenters. The number of anilines is 1. The van der Waals surface area contributed by atoms with Crippen molar-refractivity contribution >= 4 is 23.4 Å². The molecule has 7 nitrogen and oxygen atoms in total. The number of benzene rings is 2. The molecular formula is C30H37N3O4. The lowest BCUT2D eigenvalue weighted by atomic mass is 9.96. The SMILES string of the molecule is Cc1cc(C)cc(N(C(=O)CNC(=O)c2ccco2)[C@@H](C(=O)NC(C)(C)C)c2ccc(C(C)C)cc2)c1. The zero-order valence-electron chi connectivity index (χ0n) is 22.7. The number of amides is 3. The highest BCUT2D eigenvalue weighted by atomic mass is 16.3. The molecule has 1 aromatic heterocycles. The topological polar surface area (TPSA) is 91.7 Å². The molecule has 3 amide bonds. The summed E-state index contributed by atoms with van der Waals surface area (Å²) in [7, 11) is 0. The van der Waals surface area contributed by atoms with Gasteiger partial charge in [0.2, 0.25) is 11.8 Å². The van der Waals surface area contributed by atoms with Crippen molar-refractivity contribution in [2.45, 2.75) is 66.0 Å². The van der Waals surface area contributed by atoms with Crippen LogP contribution in [0.15, 0.2) is 65.3 Å². The largest absolute Gasteiger partial charge is 0.459 e. The van der Waals surface area contributed by atoms with E-state index in [0.717, 1.165) is 16.7 Å². The highest BCUT2D eigenvalue weighted by Gasteiger charge is 2.35. The summed E-state index contributed by atoms with van der Waals surface area (Å²) in [4.78, 5) is 41.6. The zero-order valence-corrected chi connectivity index (χ0v) is 22.7. The lowest BCUT2D eigenvalue weighted by molar-refractivity contribution is -0.127. The first-order valence-electron chi connectivity index (χ1n) is 12.5. The van der Waals surface area contributed by atoms with Gasteiger partial charge in [0.25, 0.3) is 5.91 Å². The second kappa shape index (κ2) is 11.5. The Kier molecular flexibility index (Phi) is 8.58. The van der Waals surface area contributed by atoms with E-state index < -0.39 is 23.4 Å². The molecule has 0 saturated carbocycles. The molecule has 196 valence electrons. The fourth-order valence-corrected chi connectivity index (χ4v) is 4.18. The van der Waals surface area contributed by atoms with E-state index in [0.29, 0.717) is 17.2 Å². The Morgan fingerprint density at radius 2 is 1.51 bits per heavy atom. The van der Waals surface area contributed by atoms with Crippen molar-refractivity contribution < 1.29 is 18.8 Å². The second-order valence-electron chi connectivity index (χ2n) is 10.7. The van der Waals surface area contributed by atoms with Crippen molar-refractivity contribution in [2.24, 2.45) is 0 Å². The van der Waals surface area contributed by atoms with E-state index in [2.05, 4.69) is 24.5 Å². The van der Waals surface area contributed by atoms with Crippen LogP contribution in [0.4, 0.5) is 5.69 Å². The van der Waals surface area contributed by atoms with Gasteiger partial charge in [0.05, 0.1) is 12.8 Å². The molecule has 0 radical (unpaired) electrons. The Morgan fingerprint density at radius 1 is 0.919 bits per heavy atom. The average Bonchev–Trinajstić information content (AvgIpc) is 3.34. The molecule has 1 heterocycles. The highest BCUT2D eigenvalue weighted by Crippen LogP contribution is 2.31. The van der Waals surface area contributed by atoms with Gasteiger partial charge in [-0.05, 0) is 87.1 Å². The Hall–Kier alpha value is -3.87. The molecule has 2 aromatic carbocycles. The van der Waals surface area contributed by atoms with Crippen molar-refractivity contribution in [3.05, 3.63) is 88.9 Å². The molecule has 0 aliphatic heterocycles. The summed E-state index contributed by atoms with van der Waals surface area (Å²) in [5.41, 5.74) is 3.79. The lowest BCUT2D eigenvalue weighted by Gasteiger charge is -2.34. The number of carbonyl (C=O) groups excluding carboxylic acids is 3. The van der Waals surface area contributed by atoms with Crippen LogP contribution < -0.4 is 15.5 Å². The first-order chi connectivity index (χ1) is 17.4. The molecule has 0 bridgehead atoms. The number of rotatable bonds is 8. The quantitative estimate of drug-likeness (QED) is 0.428. The molecule has 37 heavy (non-hydrogen) atoms. The molecule has 0 fully saturated rings. The molecule has 7 heteroatoms. The van der Waals surface area contributed by atoms with Gasteiger partial charge in [-0.1, -0.05) is 44.2 Å². The standard InChI is InChI=1S/C30H37N3O4/c1-19(2)22-10-12-23(13-11-22)27(29(36)32-30(5,6)7)33(24-16-20(3)15-21(4)17-24)26(34)18-31-28(35)25-9-8-14-37-25/h8-17,19,27H,18H2,1-7H3,(H,31,35)(H,32,36)/t27-/m1/s1. The van der Waals surface area contributed by atoms with Crippen LogP contribution >= 0.6 is 0 Å². The van der Waals surface area contributed by atoms with Gasteiger partial charge in [0.15, 0.2) is 5.76 Å². The van der Waals surface area contributed by atoms with Gasteiger partial charge in [-0.25, -0.2) is 0 Å². The Morgan fingerprint density at radius 3 is 2.03 bits per heavy atom. The van der Waals surface area contributed by atoms with Crippen molar-refractivity contribution in [3.8, 4) is 0 Å². The molecule has 0 aliphatic rings. The van der Waals surface area contributed by atoms with E-state index in [9.17, 15) is 14.4 Å². The van der Waals surface area contributed by atoms with Crippen LogP contribution in [0.25, 0.3) is 0 Å². The van der Waals surface area contributed by atoms with Crippen LogP contribution in [-0.4, -0.2) is 29.8 Å². The van der Waals surface area contributed by atoms with E-state index in [1.165, 1.54) is 17.2 Å². The third-order valence-electron chi connectivity index (χ3n) is 5.82. The summed E-state index contributed by atoms with van der Waals surface area (Å²) in [5, 5.41) is 5.67. The van der Waals surface area contributed by atoms with Crippen molar-refractivity contribution in [1.29, 1.82) is 0 Å². The maximum Gasteiger partial charge on any atom is 0.287 e. The van der Waals surface area contributed by atoms with Gasteiger partial charge in [0, 0.05) is 11.2 Å². The molecule has 0 unspecified atom stereocenters. The zero-order chi connectivity index (χ0) is 27.3.